The molecule has 7 heteroatoms. The molecule has 0 saturated heterocycles. The zero-order valence-corrected chi connectivity index (χ0v) is 15.6. The van der Waals surface area contributed by atoms with E-state index in [0.717, 1.165) is 34.1 Å². The second-order valence-electron chi connectivity index (χ2n) is 5.98. The molecule has 1 N–H and O–H groups in total. The fourth-order valence-corrected chi connectivity index (χ4v) is 3.66. The van der Waals surface area contributed by atoms with Gasteiger partial charge in [0.2, 0.25) is 0 Å². The summed E-state index contributed by atoms with van der Waals surface area (Å²) in [4.78, 5) is 23.0. The first-order valence-corrected chi connectivity index (χ1v) is 9.30. The third-order valence-corrected chi connectivity index (χ3v) is 5.01. The molecule has 6 nitrogen and oxygen atoms in total. The molecule has 132 valence electrons. The first-order chi connectivity index (χ1) is 12.1. The van der Waals surface area contributed by atoms with E-state index in [1.165, 1.54) is 0 Å². The molecule has 0 aliphatic rings. The summed E-state index contributed by atoms with van der Waals surface area (Å²) >= 11 is 1.58. The summed E-state index contributed by atoms with van der Waals surface area (Å²) < 4.78 is 2.20. The number of carbonyl (C=O) groups is 1. The second kappa shape index (κ2) is 7.65. The van der Waals surface area contributed by atoms with Gasteiger partial charge in [-0.1, -0.05) is 12.1 Å². The molecule has 3 aromatic rings. The van der Waals surface area contributed by atoms with E-state index in [1.807, 2.05) is 30.5 Å². The Morgan fingerprint density at radius 2 is 2.12 bits per heavy atom. The van der Waals surface area contributed by atoms with Gasteiger partial charge in [0.05, 0.1) is 17.6 Å². The van der Waals surface area contributed by atoms with E-state index in [4.69, 9.17) is 0 Å². The van der Waals surface area contributed by atoms with Crippen LogP contribution in [-0.2, 0) is 19.5 Å². The Hall–Kier alpha value is -2.41. The monoisotopic (exact) mass is 357 g/mol. The van der Waals surface area contributed by atoms with E-state index in [2.05, 4.69) is 32.8 Å². The maximum Gasteiger partial charge on any atom is 0.317 e. The zero-order chi connectivity index (χ0) is 17.8. The van der Waals surface area contributed by atoms with Crippen molar-refractivity contribution in [2.45, 2.75) is 33.4 Å². The number of hydrogen-bond donors (Lipinski definition) is 1. The van der Waals surface area contributed by atoms with Gasteiger partial charge in [-0.3, -0.25) is 0 Å². The standard InChI is InChI=1S/C18H23N5OS/c1-4-23-15-8-6-5-7-14(15)21-16(23)9-10-19-18(24)22(3)11-17-20-13(2)12-25-17/h5-8,12H,4,9-11H2,1-3H3,(H,19,24). The fourth-order valence-electron chi connectivity index (χ4n) is 2.84. The summed E-state index contributed by atoms with van der Waals surface area (Å²) in [5, 5.41) is 5.91. The van der Waals surface area contributed by atoms with Gasteiger partial charge in [-0.15, -0.1) is 11.3 Å². The largest absolute Gasteiger partial charge is 0.338 e. The first kappa shape index (κ1) is 17.4. The number of urea groups is 1. The van der Waals surface area contributed by atoms with Crippen molar-refractivity contribution in [3.05, 3.63) is 46.2 Å². The first-order valence-electron chi connectivity index (χ1n) is 8.42. The van der Waals surface area contributed by atoms with Crippen molar-refractivity contribution in [2.24, 2.45) is 0 Å². The normalized spacial score (nSPS) is 11.0. The van der Waals surface area contributed by atoms with Crippen LogP contribution in [0.2, 0.25) is 0 Å². The van der Waals surface area contributed by atoms with Crippen molar-refractivity contribution in [3.8, 4) is 0 Å². The smallest absolute Gasteiger partial charge is 0.317 e. The van der Waals surface area contributed by atoms with Crippen LogP contribution in [0.3, 0.4) is 0 Å². The van der Waals surface area contributed by atoms with Crippen molar-refractivity contribution in [3.63, 3.8) is 0 Å². The lowest BCUT2D eigenvalue weighted by atomic mass is 10.3. The Morgan fingerprint density at radius 1 is 1.32 bits per heavy atom. The van der Waals surface area contributed by atoms with Crippen LogP contribution < -0.4 is 5.32 Å². The Labute approximate surface area is 151 Å². The lowest BCUT2D eigenvalue weighted by Crippen LogP contribution is -2.38. The van der Waals surface area contributed by atoms with E-state index in [-0.39, 0.29) is 6.03 Å². The summed E-state index contributed by atoms with van der Waals surface area (Å²) in [5.41, 5.74) is 3.14. The average Bonchev–Trinajstić information content (AvgIpc) is 3.17. The Bertz CT molecular complexity index is 869. The highest BCUT2D eigenvalue weighted by molar-refractivity contribution is 7.09. The summed E-state index contributed by atoms with van der Waals surface area (Å²) in [6.45, 7) is 6.02. The molecule has 2 heterocycles. The van der Waals surface area contributed by atoms with Crippen LogP contribution in [0.25, 0.3) is 11.0 Å². The number of aryl methyl sites for hydroxylation is 2. The van der Waals surface area contributed by atoms with E-state index < -0.39 is 0 Å². The summed E-state index contributed by atoms with van der Waals surface area (Å²) in [7, 11) is 1.79. The Balaban J connectivity index is 1.56. The molecule has 0 aliphatic carbocycles. The van der Waals surface area contributed by atoms with Crippen molar-refractivity contribution in [1.82, 2.24) is 24.8 Å². The fraction of sp³-hybridized carbons (Fsp3) is 0.389. The van der Waals surface area contributed by atoms with Crippen LogP contribution in [0.1, 0.15) is 23.4 Å². The van der Waals surface area contributed by atoms with Gasteiger partial charge in [0.15, 0.2) is 0 Å². The van der Waals surface area contributed by atoms with Gasteiger partial charge in [0.25, 0.3) is 0 Å². The number of nitrogens with one attached hydrogen (secondary N) is 1. The van der Waals surface area contributed by atoms with Gasteiger partial charge in [-0.05, 0) is 26.0 Å². The van der Waals surface area contributed by atoms with Crippen LogP contribution in [0.4, 0.5) is 4.79 Å². The molecular formula is C18H23N5OS. The van der Waals surface area contributed by atoms with Crippen LogP contribution in [-0.4, -0.2) is 39.1 Å². The van der Waals surface area contributed by atoms with E-state index in [0.29, 0.717) is 19.5 Å². The topological polar surface area (TPSA) is 63.1 Å². The minimum absolute atomic E-state index is 0.0907. The molecule has 0 saturated carbocycles. The molecular weight excluding hydrogens is 334 g/mol. The predicted octanol–water partition coefficient (Wildman–Crippen LogP) is 3.21. The lowest BCUT2D eigenvalue weighted by Gasteiger charge is -2.16. The minimum Gasteiger partial charge on any atom is -0.338 e. The maximum atomic E-state index is 12.2. The minimum atomic E-state index is -0.0907. The molecule has 0 atom stereocenters. The number of amides is 2. The summed E-state index contributed by atoms with van der Waals surface area (Å²) in [6.07, 6.45) is 0.707. The number of fused-ring (bicyclic) bond motifs is 1. The third-order valence-electron chi connectivity index (χ3n) is 4.06. The average molecular weight is 357 g/mol. The zero-order valence-electron chi connectivity index (χ0n) is 14.8. The van der Waals surface area contributed by atoms with Gasteiger partial charge >= 0.3 is 6.03 Å². The number of para-hydroxylation sites is 2. The van der Waals surface area contributed by atoms with Gasteiger partial charge in [-0.2, -0.15) is 0 Å². The highest BCUT2D eigenvalue weighted by Gasteiger charge is 2.12. The number of imidazole rings is 1. The van der Waals surface area contributed by atoms with Crippen molar-refractivity contribution >= 4 is 28.4 Å². The van der Waals surface area contributed by atoms with Crippen molar-refractivity contribution in [1.29, 1.82) is 0 Å². The molecule has 25 heavy (non-hydrogen) atoms. The van der Waals surface area contributed by atoms with E-state index >= 15 is 0 Å². The summed E-state index contributed by atoms with van der Waals surface area (Å²) in [6, 6.07) is 8.03. The number of benzene rings is 1. The summed E-state index contributed by atoms with van der Waals surface area (Å²) in [5.74, 6) is 1.00. The molecule has 1 aromatic carbocycles. The van der Waals surface area contributed by atoms with Crippen LogP contribution in [0.15, 0.2) is 29.6 Å². The molecule has 0 aliphatic heterocycles. The lowest BCUT2D eigenvalue weighted by molar-refractivity contribution is 0.207. The SMILES string of the molecule is CCn1c(CCNC(=O)N(C)Cc2nc(C)cs2)nc2ccccc21. The molecule has 2 aromatic heterocycles. The van der Waals surface area contributed by atoms with Crippen molar-refractivity contribution in [2.75, 3.05) is 13.6 Å². The van der Waals surface area contributed by atoms with Gasteiger partial charge in [0.1, 0.15) is 10.8 Å². The molecule has 2 amide bonds. The molecule has 3 rings (SSSR count). The number of carbonyl (C=O) groups excluding carboxylic acids is 1. The van der Waals surface area contributed by atoms with E-state index in [1.54, 1.807) is 23.3 Å². The van der Waals surface area contributed by atoms with Gasteiger partial charge in [0, 0.05) is 37.6 Å². The molecule has 0 fully saturated rings. The number of aromatic nitrogens is 3. The van der Waals surface area contributed by atoms with Crippen LogP contribution >= 0.6 is 11.3 Å². The van der Waals surface area contributed by atoms with Gasteiger partial charge in [-0.25, -0.2) is 14.8 Å². The molecule has 0 unspecified atom stereocenters. The van der Waals surface area contributed by atoms with Gasteiger partial charge < -0.3 is 14.8 Å². The highest BCUT2D eigenvalue weighted by Crippen LogP contribution is 2.16. The van der Waals surface area contributed by atoms with Crippen LogP contribution in [0, 0.1) is 6.92 Å². The maximum absolute atomic E-state index is 12.2. The molecule has 0 bridgehead atoms. The van der Waals surface area contributed by atoms with E-state index in [9.17, 15) is 4.79 Å². The Kier molecular flexibility index (Phi) is 5.33. The van der Waals surface area contributed by atoms with Crippen molar-refractivity contribution < 1.29 is 4.79 Å². The molecule has 0 radical (unpaired) electrons. The molecule has 0 spiro atoms. The second-order valence-corrected chi connectivity index (χ2v) is 6.92. The van der Waals surface area contributed by atoms with Crippen LogP contribution in [0.5, 0.6) is 0 Å². The number of rotatable bonds is 6. The quantitative estimate of drug-likeness (QED) is 0.737. The number of nitrogens with zero attached hydrogens (tertiary/aromatic N) is 4. The number of thiazole rings is 1. The predicted molar refractivity (Wildman–Crippen MR) is 101 cm³/mol. The number of hydrogen-bond acceptors (Lipinski definition) is 4. The Morgan fingerprint density at radius 3 is 2.84 bits per heavy atom. The third kappa shape index (κ3) is 3.99. The highest BCUT2D eigenvalue weighted by atomic mass is 32.1.